The molecule has 2 N–H and O–H groups in total. The molecule has 0 bridgehead atoms. The zero-order valence-electron chi connectivity index (χ0n) is 9.54. The van der Waals surface area contributed by atoms with Crippen LogP contribution >= 0.6 is 11.6 Å². The summed E-state index contributed by atoms with van der Waals surface area (Å²) in [6.07, 6.45) is 3.97. The van der Waals surface area contributed by atoms with Gasteiger partial charge in [-0.1, -0.05) is 30.5 Å². The lowest BCUT2D eigenvalue weighted by Gasteiger charge is -2.29. The number of aliphatic hydroxyl groups is 1. The topological polar surface area (TPSA) is 32.3 Å². The molecule has 1 aromatic carbocycles. The minimum absolute atomic E-state index is 0.147. The summed E-state index contributed by atoms with van der Waals surface area (Å²) < 4.78 is 0. The molecule has 2 unspecified atom stereocenters. The van der Waals surface area contributed by atoms with Crippen LogP contribution in [0.2, 0.25) is 5.02 Å². The number of benzene rings is 1. The highest BCUT2D eigenvalue weighted by Gasteiger charge is 2.23. The number of hydrogen-bond acceptors (Lipinski definition) is 2. The van der Waals surface area contributed by atoms with Gasteiger partial charge in [-0.05, 0) is 37.5 Å². The van der Waals surface area contributed by atoms with Gasteiger partial charge in [-0.2, -0.15) is 0 Å². The molecule has 2 atom stereocenters. The average molecular weight is 240 g/mol. The number of halogens is 1. The molecule has 0 heterocycles. The first-order chi connectivity index (χ1) is 7.66. The van der Waals surface area contributed by atoms with Crippen molar-refractivity contribution < 1.29 is 5.11 Å². The molecule has 1 aliphatic rings. The Hall–Kier alpha value is -0.730. The van der Waals surface area contributed by atoms with Crippen LogP contribution in [0, 0.1) is 6.92 Å². The largest absolute Gasteiger partial charge is 0.391 e. The molecular weight excluding hydrogens is 222 g/mol. The van der Waals surface area contributed by atoms with E-state index in [1.54, 1.807) is 0 Å². The van der Waals surface area contributed by atoms with E-state index in [1.165, 1.54) is 6.42 Å². The molecule has 0 spiro atoms. The minimum Gasteiger partial charge on any atom is -0.391 e. The van der Waals surface area contributed by atoms with Gasteiger partial charge in [0.1, 0.15) is 0 Å². The van der Waals surface area contributed by atoms with Gasteiger partial charge >= 0.3 is 0 Å². The third-order valence-corrected chi connectivity index (χ3v) is 3.51. The van der Waals surface area contributed by atoms with E-state index in [0.717, 1.165) is 35.5 Å². The monoisotopic (exact) mass is 239 g/mol. The molecular formula is C13H18ClNO. The summed E-state index contributed by atoms with van der Waals surface area (Å²) in [5, 5.41) is 13.9. The lowest BCUT2D eigenvalue weighted by Crippen LogP contribution is -2.36. The normalized spacial score (nSPS) is 25.4. The van der Waals surface area contributed by atoms with Gasteiger partial charge in [0.2, 0.25) is 0 Å². The van der Waals surface area contributed by atoms with E-state index in [4.69, 9.17) is 11.6 Å². The van der Waals surface area contributed by atoms with Crippen LogP contribution in [0.5, 0.6) is 0 Å². The highest BCUT2D eigenvalue weighted by Crippen LogP contribution is 2.27. The fourth-order valence-corrected chi connectivity index (χ4v) is 2.51. The Morgan fingerprint density at radius 1 is 1.31 bits per heavy atom. The van der Waals surface area contributed by atoms with Crippen LogP contribution in [0.3, 0.4) is 0 Å². The first-order valence-corrected chi connectivity index (χ1v) is 6.25. The molecule has 1 aromatic rings. The van der Waals surface area contributed by atoms with Crippen molar-refractivity contribution in [3.63, 3.8) is 0 Å². The Bertz CT molecular complexity index is 367. The van der Waals surface area contributed by atoms with Crippen molar-refractivity contribution in [2.75, 3.05) is 5.32 Å². The number of aliphatic hydroxyl groups excluding tert-OH is 1. The second-order valence-electron chi connectivity index (χ2n) is 4.59. The van der Waals surface area contributed by atoms with Crippen LogP contribution in [-0.2, 0) is 0 Å². The lowest BCUT2D eigenvalue weighted by molar-refractivity contribution is 0.116. The average Bonchev–Trinajstić information content (AvgIpc) is 2.25. The predicted octanol–water partition coefficient (Wildman–Crippen LogP) is 3.36. The molecule has 16 heavy (non-hydrogen) atoms. The van der Waals surface area contributed by atoms with Gasteiger partial charge in [-0.15, -0.1) is 0 Å². The fraction of sp³-hybridized carbons (Fsp3) is 0.538. The maximum absolute atomic E-state index is 9.87. The van der Waals surface area contributed by atoms with Crippen molar-refractivity contribution in [3.8, 4) is 0 Å². The standard InChI is InChI=1S/C13H18ClNO/c1-9-6-7-11(10(14)8-9)15-12-4-2-3-5-13(12)16/h6-8,12-13,15-16H,2-5H2,1H3. The molecule has 0 saturated heterocycles. The van der Waals surface area contributed by atoms with Crippen LogP contribution in [-0.4, -0.2) is 17.3 Å². The van der Waals surface area contributed by atoms with Crippen molar-refractivity contribution in [2.45, 2.75) is 44.8 Å². The summed E-state index contributed by atoms with van der Waals surface area (Å²) >= 11 is 6.15. The van der Waals surface area contributed by atoms with Crippen LogP contribution in [0.25, 0.3) is 0 Å². The summed E-state index contributed by atoms with van der Waals surface area (Å²) in [6, 6.07) is 6.11. The lowest BCUT2D eigenvalue weighted by atomic mass is 9.92. The first kappa shape index (κ1) is 11.7. The third kappa shape index (κ3) is 2.69. The number of hydrogen-bond donors (Lipinski definition) is 2. The molecule has 1 saturated carbocycles. The maximum Gasteiger partial charge on any atom is 0.0741 e. The Kier molecular flexibility index (Phi) is 3.72. The molecule has 2 nitrogen and oxygen atoms in total. The van der Waals surface area contributed by atoms with Gasteiger partial charge in [0, 0.05) is 0 Å². The molecule has 1 fully saturated rings. The Morgan fingerprint density at radius 2 is 2.06 bits per heavy atom. The van der Waals surface area contributed by atoms with E-state index in [1.807, 2.05) is 25.1 Å². The molecule has 2 rings (SSSR count). The van der Waals surface area contributed by atoms with E-state index in [0.29, 0.717) is 0 Å². The third-order valence-electron chi connectivity index (χ3n) is 3.19. The molecule has 0 aromatic heterocycles. The van der Waals surface area contributed by atoms with Crippen LogP contribution in [0.1, 0.15) is 31.2 Å². The van der Waals surface area contributed by atoms with E-state index >= 15 is 0 Å². The Labute approximate surface area is 102 Å². The van der Waals surface area contributed by atoms with Gasteiger partial charge in [0.25, 0.3) is 0 Å². The predicted molar refractivity (Wildman–Crippen MR) is 68.1 cm³/mol. The molecule has 0 aliphatic heterocycles. The van der Waals surface area contributed by atoms with Gasteiger partial charge < -0.3 is 10.4 Å². The number of rotatable bonds is 2. The van der Waals surface area contributed by atoms with E-state index in [2.05, 4.69) is 5.32 Å². The highest BCUT2D eigenvalue weighted by atomic mass is 35.5. The van der Waals surface area contributed by atoms with Gasteiger partial charge in [0.05, 0.1) is 22.9 Å². The van der Waals surface area contributed by atoms with E-state index in [-0.39, 0.29) is 12.1 Å². The molecule has 0 amide bonds. The number of nitrogens with one attached hydrogen (secondary N) is 1. The Morgan fingerprint density at radius 3 is 2.75 bits per heavy atom. The highest BCUT2D eigenvalue weighted by molar-refractivity contribution is 6.33. The van der Waals surface area contributed by atoms with E-state index in [9.17, 15) is 5.11 Å². The molecule has 88 valence electrons. The zero-order valence-corrected chi connectivity index (χ0v) is 10.3. The Balaban J connectivity index is 2.07. The van der Waals surface area contributed by atoms with Crippen molar-refractivity contribution in [2.24, 2.45) is 0 Å². The zero-order chi connectivity index (χ0) is 11.5. The quantitative estimate of drug-likeness (QED) is 0.830. The fourth-order valence-electron chi connectivity index (χ4n) is 2.22. The van der Waals surface area contributed by atoms with Crippen LogP contribution in [0.4, 0.5) is 5.69 Å². The minimum atomic E-state index is -0.244. The van der Waals surface area contributed by atoms with Crippen molar-refractivity contribution in [1.82, 2.24) is 0 Å². The van der Waals surface area contributed by atoms with Crippen molar-refractivity contribution in [1.29, 1.82) is 0 Å². The van der Waals surface area contributed by atoms with Crippen LogP contribution in [0.15, 0.2) is 18.2 Å². The van der Waals surface area contributed by atoms with Gasteiger partial charge in [0.15, 0.2) is 0 Å². The van der Waals surface area contributed by atoms with Gasteiger partial charge in [-0.3, -0.25) is 0 Å². The maximum atomic E-state index is 9.87. The number of aryl methyl sites for hydroxylation is 1. The second kappa shape index (κ2) is 5.07. The molecule has 1 aliphatic carbocycles. The summed E-state index contributed by atoms with van der Waals surface area (Å²) in [6.45, 7) is 2.02. The first-order valence-electron chi connectivity index (χ1n) is 5.87. The number of anilines is 1. The summed E-state index contributed by atoms with van der Waals surface area (Å²) in [7, 11) is 0. The van der Waals surface area contributed by atoms with E-state index < -0.39 is 0 Å². The smallest absolute Gasteiger partial charge is 0.0741 e. The van der Waals surface area contributed by atoms with Crippen molar-refractivity contribution >= 4 is 17.3 Å². The summed E-state index contributed by atoms with van der Waals surface area (Å²) in [4.78, 5) is 0. The molecule has 0 radical (unpaired) electrons. The summed E-state index contributed by atoms with van der Waals surface area (Å²) in [5.41, 5.74) is 2.08. The summed E-state index contributed by atoms with van der Waals surface area (Å²) in [5.74, 6) is 0. The molecule has 3 heteroatoms. The van der Waals surface area contributed by atoms with Crippen molar-refractivity contribution in [3.05, 3.63) is 28.8 Å². The van der Waals surface area contributed by atoms with Gasteiger partial charge in [-0.25, -0.2) is 0 Å². The SMILES string of the molecule is Cc1ccc(NC2CCCCC2O)c(Cl)c1. The second-order valence-corrected chi connectivity index (χ2v) is 4.99. The van der Waals surface area contributed by atoms with Crippen LogP contribution < -0.4 is 5.32 Å².